The van der Waals surface area contributed by atoms with Crippen LogP contribution in [0.2, 0.25) is 5.02 Å². The molecule has 1 aromatic heterocycles. The zero-order chi connectivity index (χ0) is 15.2. The third-order valence-electron chi connectivity index (χ3n) is 3.56. The van der Waals surface area contributed by atoms with Crippen molar-refractivity contribution in [2.75, 3.05) is 18.5 Å². The van der Waals surface area contributed by atoms with Gasteiger partial charge in [-0.1, -0.05) is 24.6 Å². The van der Waals surface area contributed by atoms with Crippen LogP contribution in [0.1, 0.15) is 37.6 Å². The van der Waals surface area contributed by atoms with E-state index in [1.807, 2.05) is 25.2 Å². The molecular weight excluding hydrogens is 284 g/mol. The van der Waals surface area contributed by atoms with Gasteiger partial charge in [-0.25, -0.2) is 0 Å². The Morgan fingerprint density at radius 3 is 2.76 bits per heavy atom. The highest BCUT2D eigenvalue weighted by Crippen LogP contribution is 2.28. The first-order valence-electron chi connectivity index (χ1n) is 7.38. The third kappa shape index (κ3) is 4.26. The topological polar surface area (TPSA) is 28.4 Å². The zero-order valence-electron chi connectivity index (χ0n) is 12.9. The molecule has 21 heavy (non-hydrogen) atoms. The summed E-state index contributed by atoms with van der Waals surface area (Å²) in [4.78, 5) is 2.12. The Hall–Kier alpha value is -1.45. The van der Waals surface area contributed by atoms with Crippen LogP contribution in [-0.2, 0) is 6.54 Å². The van der Waals surface area contributed by atoms with Crippen LogP contribution in [-0.4, -0.2) is 13.6 Å². The Bertz CT molecular complexity index is 554. The highest BCUT2D eigenvalue weighted by molar-refractivity contribution is 6.31. The van der Waals surface area contributed by atoms with E-state index < -0.39 is 0 Å². The van der Waals surface area contributed by atoms with Crippen molar-refractivity contribution in [2.45, 2.75) is 32.9 Å². The number of furan rings is 1. The molecule has 114 valence electrons. The fraction of sp³-hybridized carbons (Fsp3) is 0.412. The van der Waals surface area contributed by atoms with Crippen molar-refractivity contribution in [2.24, 2.45) is 0 Å². The number of nitrogens with one attached hydrogen (secondary N) is 1. The van der Waals surface area contributed by atoms with E-state index in [9.17, 15) is 0 Å². The normalized spacial score (nSPS) is 12.4. The molecule has 0 bridgehead atoms. The third-order valence-corrected chi connectivity index (χ3v) is 3.89. The lowest BCUT2D eigenvalue weighted by molar-refractivity contribution is 0.507. The van der Waals surface area contributed by atoms with Crippen LogP contribution < -0.4 is 10.2 Å². The highest BCUT2D eigenvalue weighted by Gasteiger charge is 2.11. The summed E-state index contributed by atoms with van der Waals surface area (Å²) in [7, 11) is 2.03. The summed E-state index contributed by atoms with van der Waals surface area (Å²) < 4.78 is 5.38. The van der Waals surface area contributed by atoms with E-state index in [4.69, 9.17) is 16.0 Å². The van der Waals surface area contributed by atoms with Crippen molar-refractivity contribution in [3.05, 3.63) is 52.9 Å². The van der Waals surface area contributed by atoms with E-state index in [0.717, 1.165) is 41.5 Å². The molecule has 0 amide bonds. The average Bonchev–Trinajstić information content (AvgIpc) is 2.97. The van der Waals surface area contributed by atoms with Gasteiger partial charge in [-0.2, -0.15) is 0 Å². The molecule has 0 aliphatic carbocycles. The molecule has 0 radical (unpaired) electrons. The Morgan fingerprint density at radius 2 is 2.14 bits per heavy atom. The summed E-state index contributed by atoms with van der Waals surface area (Å²) in [6.07, 6.45) is 2.81. The first-order chi connectivity index (χ1) is 10.1. The SMILES string of the molecule is CCCNC(C)c1ccc(N(C)Cc2ccco2)cc1Cl. The van der Waals surface area contributed by atoms with E-state index in [1.165, 1.54) is 0 Å². The van der Waals surface area contributed by atoms with Gasteiger partial charge in [-0.3, -0.25) is 0 Å². The van der Waals surface area contributed by atoms with Crippen LogP contribution in [0.5, 0.6) is 0 Å². The number of benzene rings is 1. The molecule has 0 aliphatic rings. The van der Waals surface area contributed by atoms with Gasteiger partial charge in [0.05, 0.1) is 12.8 Å². The minimum absolute atomic E-state index is 0.266. The monoisotopic (exact) mass is 306 g/mol. The molecule has 1 aromatic carbocycles. The minimum Gasteiger partial charge on any atom is -0.467 e. The molecule has 1 atom stereocenters. The van der Waals surface area contributed by atoms with Crippen molar-refractivity contribution in [1.82, 2.24) is 5.32 Å². The lowest BCUT2D eigenvalue weighted by Crippen LogP contribution is -2.20. The van der Waals surface area contributed by atoms with Gasteiger partial charge in [0.15, 0.2) is 0 Å². The summed E-state index contributed by atoms with van der Waals surface area (Å²) in [5, 5.41) is 4.26. The van der Waals surface area contributed by atoms with Crippen LogP contribution in [0.15, 0.2) is 41.0 Å². The second-order valence-electron chi connectivity index (χ2n) is 5.32. The molecule has 1 heterocycles. The van der Waals surface area contributed by atoms with Crippen molar-refractivity contribution >= 4 is 17.3 Å². The van der Waals surface area contributed by atoms with Crippen molar-refractivity contribution in [1.29, 1.82) is 0 Å². The van der Waals surface area contributed by atoms with Crippen molar-refractivity contribution in [3.63, 3.8) is 0 Å². The fourth-order valence-electron chi connectivity index (χ4n) is 2.30. The molecule has 4 heteroatoms. The number of halogens is 1. The van der Waals surface area contributed by atoms with Gasteiger partial charge in [0.25, 0.3) is 0 Å². The van der Waals surface area contributed by atoms with Gasteiger partial charge in [-0.15, -0.1) is 0 Å². The van der Waals surface area contributed by atoms with Crippen molar-refractivity contribution in [3.8, 4) is 0 Å². The Balaban J connectivity index is 2.07. The van der Waals surface area contributed by atoms with Crippen LogP contribution in [0, 0.1) is 0 Å². The molecule has 1 N–H and O–H groups in total. The number of hydrogen-bond donors (Lipinski definition) is 1. The molecule has 2 rings (SSSR count). The lowest BCUT2D eigenvalue weighted by Gasteiger charge is -2.21. The highest BCUT2D eigenvalue weighted by atomic mass is 35.5. The lowest BCUT2D eigenvalue weighted by atomic mass is 10.1. The fourth-order valence-corrected chi connectivity index (χ4v) is 2.64. The van der Waals surface area contributed by atoms with Gasteiger partial charge in [0, 0.05) is 23.8 Å². The molecule has 0 saturated heterocycles. The second kappa shape index (κ2) is 7.53. The van der Waals surface area contributed by atoms with Crippen LogP contribution >= 0.6 is 11.6 Å². The van der Waals surface area contributed by atoms with E-state index in [-0.39, 0.29) is 6.04 Å². The predicted molar refractivity (Wildman–Crippen MR) is 89.0 cm³/mol. The van der Waals surface area contributed by atoms with E-state index in [0.29, 0.717) is 0 Å². The van der Waals surface area contributed by atoms with Gasteiger partial charge in [0.2, 0.25) is 0 Å². The van der Waals surface area contributed by atoms with Crippen LogP contribution in [0.3, 0.4) is 0 Å². The summed E-state index contributed by atoms with van der Waals surface area (Å²) in [5.74, 6) is 0.940. The molecule has 0 fully saturated rings. The van der Waals surface area contributed by atoms with Gasteiger partial charge >= 0.3 is 0 Å². The van der Waals surface area contributed by atoms with E-state index in [2.05, 4.69) is 36.2 Å². The average molecular weight is 307 g/mol. The minimum atomic E-state index is 0.266. The molecule has 2 aromatic rings. The Kier molecular flexibility index (Phi) is 5.71. The Morgan fingerprint density at radius 1 is 1.33 bits per heavy atom. The molecule has 0 saturated carbocycles. The summed E-state index contributed by atoms with van der Waals surface area (Å²) in [6.45, 7) is 6.03. The molecule has 3 nitrogen and oxygen atoms in total. The zero-order valence-corrected chi connectivity index (χ0v) is 13.7. The quantitative estimate of drug-likeness (QED) is 0.808. The summed E-state index contributed by atoms with van der Waals surface area (Å²) >= 11 is 6.44. The largest absolute Gasteiger partial charge is 0.467 e. The first kappa shape index (κ1) is 15.9. The number of hydrogen-bond acceptors (Lipinski definition) is 3. The molecule has 0 spiro atoms. The smallest absolute Gasteiger partial charge is 0.123 e. The number of nitrogens with zero attached hydrogens (tertiary/aromatic N) is 1. The van der Waals surface area contributed by atoms with Gasteiger partial charge < -0.3 is 14.6 Å². The van der Waals surface area contributed by atoms with Gasteiger partial charge in [0.1, 0.15) is 5.76 Å². The maximum atomic E-state index is 6.44. The second-order valence-corrected chi connectivity index (χ2v) is 5.72. The predicted octanol–water partition coefficient (Wildman–Crippen LogP) is 4.63. The maximum absolute atomic E-state index is 6.44. The van der Waals surface area contributed by atoms with E-state index >= 15 is 0 Å². The van der Waals surface area contributed by atoms with Gasteiger partial charge in [-0.05, 0) is 49.7 Å². The Labute approximate surface area is 131 Å². The molecule has 1 unspecified atom stereocenters. The molecular formula is C17H23ClN2O. The van der Waals surface area contributed by atoms with E-state index in [1.54, 1.807) is 6.26 Å². The first-order valence-corrected chi connectivity index (χ1v) is 7.76. The van der Waals surface area contributed by atoms with Crippen LogP contribution in [0.4, 0.5) is 5.69 Å². The number of anilines is 1. The maximum Gasteiger partial charge on any atom is 0.123 e. The van der Waals surface area contributed by atoms with Crippen LogP contribution in [0.25, 0.3) is 0 Å². The number of rotatable bonds is 7. The standard InChI is InChI=1S/C17H23ClN2O/c1-4-9-19-13(2)16-8-7-14(11-17(16)18)20(3)12-15-6-5-10-21-15/h5-8,10-11,13,19H,4,9,12H2,1-3H3. The summed E-state index contributed by atoms with van der Waals surface area (Å²) in [6, 6.07) is 10.4. The summed E-state index contributed by atoms with van der Waals surface area (Å²) in [5.41, 5.74) is 2.23. The van der Waals surface area contributed by atoms with Crippen molar-refractivity contribution < 1.29 is 4.42 Å². The molecule has 0 aliphatic heterocycles.